The normalized spacial score (nSPS) is 19.2. The van der Waals surface area contributed by atoms with Gasteiger partial charge in [-0.25, -0.2) is 5.01 Å². The van der Waals surface area contributed by atoms with Crippen molar-refractivity contribution in [3.63, 3.8) is 0 Å². The van der Waals surface area contributed by atoms with E-state index in [0.717, 1.165) is 40.0 Å². The number of nitrogens with zero attached hydrogens (tertiary/aromatic N) is 3. The van der Waals surface area contributed by atoms with Crippen molar-refractivity contribution in [1.82, 2.24) is 9.99 Å². The summed E-state index contributed by atoms with van der Waals surface area (Å²) in [6, 6.07) is 13.9. The number of hydrazone groups is 1. The fourth-order valence-corrected chi connectivity index (χ4v) is 4.74. The van der Waals surface area contributed by atoms with Crippen LogP contribution in [0.15, 0.2) is 89.2 Å². The molecule has 0 bridgehead atoms. The highest BCUT2D eigenvalue weighted by Crippen LogP contribution is 2.38. The van der Waals surface area contributed by atoms with E-state index in [9.17, 15) is 5.11 Å². The second kappa shape index (κ2) is 10.4. The molecule has 2 unspecified atom stereocenters. The minimum absolute atomic E-state index is 0.0558. The monoisotopic (exact) mass is 497 g/mol. The number of aliphatic hydroxyl groups is 1. The molecule has 0 spiro atoms. The SMILES string of the molecule is COc1cc2ncc(C)c(OC3=CCC(N4N=CC(Cc5ccccc5)C=C4O)C=C3C)c2cc1OC. The van der Waals surface area contributed by atoms with Crippen LogP contribution in [0.5, 0.6) is 17.2 Å². The molecule has 2 atom stereocenters. The van der Waals surface area contributed by atoms with Gasteiger partial charge in [0.15, 0.2) is 11.5 Å². The highest BCUT2D eigenvalue weighted by Gasteiger charge is 2.26. The number of benzene rings is 2. The van der Waals surface area contributed by atoms with Gasteiger partial charge in [-0.1, -0.05) is 36.4 Å². The lowest BCUT2D eigenvalue weighted by Crippen LogP contribution is -2.33. The smallest absolute Gasteiger partial charge is 0.204 e. The number of fused-ring (bicyclic) bond motifs is 1. The highest BCUT2D eigenvalue weighted by atomic mass is 16.5. The summed E-state index contributed by atoms with van der Waals surface area (Å²) < 4.78 is 17.4. The predicted molar refractivity (Wildman–Crippen MR) is 145 cm³/mol. The Kier molecular flexibility index (Phi) is 6.86. The molecule has 1 aliphatic heterocycles. The largest absolute Gasteiger partial charge is 0.494 e. The molecule has 1 N–H and O–H groups in total. The standard InChI is InChI=1S/C30H31N3O4/c1-19-12-23(33-29(34)14-22(18-32-33)13-21-8-6-5-7-9-21)10-11-26(19)37-30-20(2)17-31-25-16-28(36-4)27(35-3)15-24(25)30/h5-9,11-12,14-18,22-23,34H,10,13H2,1-4H3. The van der Waals surface area contributed by atoms with Crippen LogP contribution in [0.1, 0.15) is 24.5 Å². The molecule has 0 amide bonds. The lowest BCUT2D eigenvalue weighted by Gasteiger charge is -2.31. The maximum absolute atomic E-state index is 10.8. The van der Waals surface area contributed by atoms with Crippen LogP contribution in [-0.2, 0) is 6.42 Å². The molecule has 3 aromatic rings. The summed E-state index contributed by atoms with van der Waals surface area (Å²) in [4.78, 5) is 4.55. The summed E-state index contributed by atoms with van der Waals surface area (Å²) in [5, 5.41) is 17.9. The quantitative estimate of drug-likeness (QED) is 0.425. The second-order valence-corrected chi connectivity index (χ2v) is 9.31. The average Bonchev–Trinajstić information content (AvgIpc) is 2.91. The van der Waals surface area contributed by atoms with Crippen molar-refractivity contribution in [2.24, 2.45) is 11.0 Å². The van der Waals surface area contributed by atoms with Gasteiger partial charge in [0.1, 0.15) is 11.5 Å². The number of aryl methyl sites for hydroxylation is 1. The van der Waals surface area contributed by atoms with Gasteiger partial charge in [0.2, 0.25) is 5.88 Å². The second-order valence-electron chi connectivity index (χ2n) is 9.31. The van der Waals surface area contributed by atoms with E-state index in [-0.39, 0.29) is 17.8 Å². The zero-order valence-corrected chi connectivity index (χ0v) is 21.5. The van der Waals surface area contributed by atoms with E-state index in [2.05, 4.69) is 28.3 Å². The third-order valence-corrected chi connectivity index (χ3v) is 6.70. The van der Waals surface area contributed by atoms with Crippen LogP contribution >= 0.6 is 0 Å². The number of ether oxygens (including phenoxy) is 3. The summed E-state index contributed by atoms with van der Waals surface area (Å²) in [5.41, 5.74) is 3.86. The van der Waals surface area contributed by atoms with Gasteiger partial charge in [-0.15, -0.1) is 0 Å². The Morgan fingerprint density at radius 2 is 1.78 bits per heavy atom. The summed E-state index contributed by atoms with van der Waals surface area (Å²) in [6.45, 7) is 3.98. The van der Waals surface area contributed by atoms with Crippen molar-refractivity contribution in [2.75, 3.05) is 14.2 Å². The Bertz CT molecular complexity index is 1430. The van der Waals surface area contributed by atoms with Crippen LogP contribution in [0, 0.1) is 12.8 Å². The van der Waals surface area contributed by atoms with Crippen LogP contribution in [0.2, 0.25) is 0 Å². The zero-order valence-electron chi connectivity index (χ0n) is 21.5. The Morgan fingerprint density at radius 1 is 1.03 bits per heavy atom. The summed E-state index contributed by atoms with van der Waals surface area (Å²) in [6.07, 6.45) is 11.1. The number of pyridine rings is 1. The first-order valence-electron chi connectivity index (χ1n) is 12.3. The van der Waals surface area contributed by atoms with Crippen molar-refractivity contribution in [1.29, 1.82) is 0 Å². The molecule has 5 rings (SSSR count). The fraction of sp³-hybridized carbons (Fsp3) is 0.267. The van der Waals surface area contributed by atoms with Crippen molar-refractivity contribution in [3.05, 3.63) is 95.2 Å². The maximum atomic E-state index is 10.8. The van der Waals surface area contributed by atoms with E-state index in [4.69, 9.17) is 14.2 Å². The van der Waals surface area contributed by atoms with Crippen molar-refractivity contribution in [2.45, 2.75) is 32.7 Å². The first-order valence-corrected chi connectivity index (χ1v) is 12.3. The minimum atomic E-state index is -0.0999. The average molecular weight is 498 g/mol. The molecule has 190 valence electrons. The van der Waals surface area contributed by atoms with Gasteiger partial charge >= 0.3 is 0 Å². The van der Waals surface area contributed by atoms with Crippen LogP contribution in [0.4, 0.5) is 0 Å². The van der Waals surface area contributed by atoms with Gasteiger partial charge in [0.05, 0.1) is 25.8 Å². The number of rotatable bonds is 7. The maximum Gasteiger partial charge on any atom is 0.204 e. The summed E-state index contributed by atoms with van der Waals surface area (Å²) >= 11 is 0. The third kappa shape index (κ3) is 5.03. The van der Waals surface area contributed by atoms with Crippen molar-refractivity contribution >= 4 is 17.1 Å². The summed E-state index contributed by atoms with van der Waals surface area (Å²) in [5.74, 6) is 2.97. The predicted octanol–water partition coefficient (Wildman–Crippen LogP) is 6.10. The van der Waals surface area contributed by atoms with Crippen LogP contribution < -0.4 is 14.2 Å². The number of allylic oxidation sites excluding steroid dienone is 2. The topological polar surface area (TPSA) is 76.4 Å². The molecule has 0 saturated heterocycles. The third-order valence-electron chi connectivity index (χ3n) is 6.70. The van der Waals surface area contributed by atoms with E-state index < -0.39 is 0 Å². The Balaban J connectivity index is 1.33. The van der Waals surface area contributed by atoms with E-state index in [1.807, 2.05) is 62.5 Å². The lowest BCUT2D eigenvalue weighted by atomic mass is 9.98. The van der Waals surface area contributed by atoms with Gasteiger partial charge in [0, 0.05) is 35.3 Å². The molecule has 2 aromatic carbocycles. The summed E-state index contributed by atoms with van der Waals surface area (Å²) in [7, 11) is 3.22. The van der Waals surface area contributed by atoms with Crippen LogP contribution in [0.3, 0.4) is 0 Å². The number of aliphatic hydroxyl groups excluding tert-OH is 1. The number of aromatic nitrogens is 1. The molecule has 37 heavy (non-hydrogen) atoms. The van der Waals surface area contributed by atoms with Gasteiger partial charge in [-0.2, -0.15) is 5.10 Å². The molecular formula is C30H31N3O4. The molecule has 2 heterocycles. The molecule has 0 fully saturated rings. The number of hydrogen-bond donors (Lipinski definition) is 1. The van der Waals surface area contributed by atoms with E-state index in [0.29, 0.717) is 17.9 Å². The van der Waals surface area contributed by atoms with E-state index in [1.54, 1.807) is 25.4 Å². The van der Waals surface area contributed by atoms with Gasteiger partial charge in [0.25, 0.3) is 0 Å². The molecule has 7 heteroatoms. The Labute approximate surface area is 217 Å². The van der Waals surface area contributed by atoms with Gasteiger partial charge < -0.3 is 19.3 Å². The lowest BCUT2D eigenvalue weighted by molar-refractivity contribution is 0.169. The van der Waals surface area contributed by atoms with Crippen LogP contribution in [-0.4, -0.2) is 41.6 Å². The Hall–Kier alpha value is -4.26. The first-order chi connectivity index (χ1) is 18.0. The van der Waals surface area contributed by atoms with Crippen molar-refractivity contribution in [3.8, 4) is 17.2 Å². The van der Waals surface area contributed by atoms with E-state index in [1.165, 1.54) is 5.56 Å². The molecule has 1 aliphatic carbocycles. The molecule has 7 nitrogen and oxygen atoms in total. The van der Waals surface area contributed by atoms with Crippen molar-refractivity contribution < 1.29 is 19.3 Å². The minimum Gasteiger partial charge on any atom is -0.494 e. The van der Waals surface area contributed by atoms with Gasteiger partial charge in [-0.05, 0) is 56.0 Å². The molecule has 0 saturated carbocycles. The first kappa shape index (κ1) is 24.4. The number of methoxy groups -OCH3 is 2. The van der Waals surface area contributed by atoms with E-state index >= 15 is 0 Å². The molecule has 0 radical (unpaired) electrons. The highest BCUT2D eigenvalue weighted by molar-refractivity contribution is 5.89. The molecule has 2 aliphatic rings. The van der Waals surface area contributed by atoms with Crippen LogP contribution in [0.25, 0.3) is 10.9 Å². The van der Waals surface area contributed by atoms with Gasteiger partial charge in [-0.3, -0.25) is 4.98 Å². The fourth-order valence-electron chi connectivity index (χ4n) is 4.74. The zero-order chi connectivity index (χ0) is 25.9. The molecular weight excluding hydrogens is 466 g/mol. The Morgan fingerprint density at radius 3 is 2.49 bits per heavy atom. The number of hydrogen-bond acceptors (Lipinski definition) is 7. The molecule has 1 aromatic heterocycles.